The highest BCUT2D eigenvalue weighted by Crippen LogP contribution is 2.47. The molecule has 1 aromatic heterocycles. The van der Waals surface area contributed by atoms with E-state index < -0.39 is 13.3 Å². The van der Waals surface area contributed by atoms with Crippen LogP contribution < -0.4 is 16.3 Å². The molecule has 0 saturated carbocycles. The van der Waals surface area contributed by atoms with E-state index in [9.17, 15) is 9.36 Å². The van der Waals surface area contributed by atoms with E-state index in [4.69, 9.17) is 27.1 Å². The van der Waals surface area contributed by atoms with Gasteiger partial charge >= 0.3 is 0 Å². The van der Waals surface area contributed by atoms with E-state index in [0.29, 0.717) is 26.8 Å². The molecule has 0 aliphatic carbocycles. The highest BCUT2D eigenvalue weighted by atomic mass is 35.5. The summed E-state index contributed by atoms with van der Waals surface area (Å²) in [4.78, 5) is 14.9. The van der Waals surface area contributed by atoms with Gasteiger partial charge in [-0.15, -0.1) is 0 Å². The summed E-state index contributed by atoms with van der Waals surface area (Å²) in [7, 11) is -2.37. The maximum absolute atomic E-state index is 13.9. The number of halogens is 1. The van der Waals surface area contributed by atoms with Crippen LogP contribution in [-0.2, 0) is 9.09 Å². The zero-order valence-corrected chi connectivity index (χ0v) is 15.9. The molecular formula is C19H15ClN3O3P. The van der Waals surface area contributed by atoms with Crippen molar-refractivity contribution in [1.29, 1.82) is 5.26 Å². The Bertz CT molecular complexity index is 1160. The van der Waals surface area contributed by atoms with Crippen LogP contribution in [-0.4, -0.2) is 18.0 Å². The van der Waals surface area contributed by atoms with Gasteiger partial charge in [0.1, 0.15) is 5.69 Å². The van der Waals surface area contributed by atoms with Crippen LogP contribution in [0.1, 0.15) is 16.1 Å². The van der Waals surface area contributed by atoms with Crippen molar-refractivity contribution < 1.29 is 13.9 Å². The van der Waals surface area contributed by atoms with Crippen LogP contribution in [0.15, 0.2) is 48.5 Å². The van der Waals surface area contributed by atoms with Crippen molar-refractivity contribution >= 4 is 52.5 Å². The van der Waals surface area contributed by atoms with Gasteiger partial charge in [0.05, 0.1) is 11.4 Å². The number of primary amides is 1. The third kappa shape index (κ3) is 3.41. The second-order valence-corrected chi connectivity index (χ2v) is 8.56. The Labute approximate surface area is 160 Å². The lowest BCUT2D eigenvalue weighted by Gasteiger charge is -2.18. The molecule has 6 nitrogen and oxygen atoms in total. The van der Waals surface area contributed by atoms with Crippen LogP contribution in [0.2, 0.25) is 5.02 Å². The molecule has 0 spiro atoms. The van der Waals surface area contributed by atoms with Gasteiger partial charge in [0.2, 0.25) is 0 Å². The van der Waals surface area contributed by atoms with E-state index in [1.807, 2.05) is 6.07 Å². The number of hydrogen-bond acceptors (Lipinski definition) is 4. The SMILES string of the molecule is COP(=O)(c1cccc(/C=C/C#N)c1)c1c(C(N)=O)[nH]c2ccc(Cl)cc12. The number of amides is 1. The zero-order valence-electron chi connectivity index (χ0n) is 14.3. The number of nitriles is 1. The minimum absolute atomic E-state index is 0.00965. The normalized spacial score (nSPS) is 13.5. The number of allylic oxidation sites excluding steroid dienone is 1. The van der Waals surface area contributed by atoms with Crippen molar-refractivity contribution in [2.75, 3.05) is 7.11 Å². The maximum atomic E-state index is 13.9. The Kier molecular flexibility index (Phi) is 5.20. The molecule has 1 amide bonds. The molecule has 136 valence electrons. The molecule has 3 aromatic rings. The third-order valence-corrected chi connectivity index (χ3v) is 6.85. The number of benzene rings is 2. The number of nitrogens with zero attached hydrogens (tertiary/aromatic N) is 1. The number of carbonyl (C=O) groups excluding carboxylic acids is 1. The fourth-order valence-electron chi connectivity index (χ4n) is 2.90. The summed E-state index contributed by atoms with van der Waals surface area (Å²) in [5, 5.41) is 10.2. The first-order chi connectivity index (χ1) is 12.9. The van der Waals surface area contributed by atoms with Gasteiger partial charge in [-0.3, -0.25) is 9.36 Å². The molecule has 27 heavy (non-hydrogen) atoms. The molecule has 1 atom stereocenters. The fraction of sp³-hybridized carbons (Fsp3) is 0.0526. The molecule has 0 aliphatic heterocycles. The molecule has 0 aliphatic rings. The van der Waals surface area contributed by atoms with E-state index in [-0.39, 0.29) is 11.0 Å². The predicted molar refractivity (Wildman–Crippen MR) is 107 cm³/mol. The van der Waals surface area contributed by atoms with Gasteiger partial charge in [-0.25, -0.2) is 0 Å². The highest BCUT2D eigenvalue weighted by molar-refractivity contribution is 7.75. The molecule has 1 heterocycles. The first-order valence-electron chi connectivity index (χ1n) is 7.85. The van der Waals surface area contributed by atoms with Crippen molar-refractivity contribution in [2.24, 2.45) is 5.73 Å². The van der Waals surface area contributed by atoms with Gasteiger partial charge in [-0.1, -0.05) is 23.7 Å². The van der Waals surface area contributed by atoms with Crippen LogP contribution >= 0.6 is 19.0 Å². The quantitative estimate of drug-likeness (QED) is 0.506. The minimum atomic E-state index is -3.68. The minimum Gasteiger partial charge on any atom is -0.364 e. The van der Waals surface area contributed by atoms with Gasteiger partial charge in [0, 0.05) is 34.4 Å². The third-order valence-electron chi connectivity index (χ3n) is 4.09. The lowest BCUT2D eigenvalue weighted by Crippen LogP contribution is -2.25. The lowest BCUT2D eigenvalue weighted by molar-refractivity contribution is 0.0997. The largest absolute Gasteiger partial charge is 0.364 e. The van der Waals surface area contributed by atoms with Crippen LogP contribution in [0.3, 0.4) is 0 Å². The highest BCUT2D eigenvalue weighted by Gasteiger charge is 2.35. The number of hydrogen-bond donors (Lipinski definition) is 2. The van der Waals surface area contributed by atoms with Crippen molar-refractivity contribution in [1.82, 2.24) is 4.98 Å². The maximum Gasteiger partial charge on any atom is 0.266 e. The predicted octanol–water partition coefficient (Wildman–Crippen LogP) is 3.33. The fourth-order valence-corrected chi connectivity index (χ4v) is 5.29. The first-order valence-corrected chi connectivity index (χ1v) is 9.85. The molecular weight excluding hydrogens is 385 g/mol. The number of aromatic nitrogens is 1. The van der Waals surface area contributed by atoms with Gasteiger partial charge < -0.3 is 15.2 Å². The van der Waals surface area contributed by atoms with Crippen LogP contribution in [0.4, 0.5) is 0 Å². The number of aromatic amines is 1. The smallest absolute Gasteiger partial charge is 0.266 e. The number of carbonyl (C=O) groups is 1. The molecule has 0 saturated heterocycles. The van der Waals surface area contributed by atoms with Gasteiger partial charge in [0.25, 0.3) is 13.3 Å². The zero-order chi connectivity index (χ0) is 19.6. The lowest BCUT2D eigenvalue weighted by atomic mass is 10.2. The van der Waals surface area contributed by atoms with E-state index in [0.717, 1.165) is 0 Å². The monoisotopic (exact) mass is 399 g/mol. The van der Waals surface area contributed by atoms with E-state index in [2.05, 4.69) is 4.98 Å². The van der Waals surface area contributed by atoms with Crippen molar-refractivity contribution in [2.45, 2.75) is 0 Å². The topological polar surface area (TPSA) is 109 Å². The number of fused-ring (bicyclic) bond motifs is 1. The summed E-state index contributed by atoms with van der Waals surface area (Å²) >= 11 is 6.10. The molecule has 0 fully saturated rings. The Morgan fingerprint density at radius 2 is 2.11 bits per heavy atom. The second-order valence-electron chi connectivity index (χ2n) is 5.69. The van der Waals surface area contributed by atoms with E-state index in [1.165, 1.54) is 13.2 Å². The molecule has 3 N–H and O–H groups in total. The Morgan fingerprint density at radius 3 is 2.78 bits per heavy atom. The number of H-pyrrole nitrogens is 1. The van der Waals surface area contributed by atoms with E-state index >= 15 is 0 Å². The van der Waals surface area contributed by atoms with Gasteiger partial charge in [0.15, 0.2) is 0 Å². The Hall–Kier alpha value is -2.84. The van der Waals surface area contributed by atoms with Gasteiger partial charge in [-0.05, 0) is 42.0 Å². The summed E-state index contributed by atoms with van der Waals surface area (Å²) in [6.45, 7) is 0. The van der Waals surface area contributed by atoms with Crippen LogP contribution in [0.5, 0.6) is 0 Å². The molecule has 3 rings (SSSR count). The summed E-state index contributed by atoms with van der Waals surface area (Å²) in [5.74, 6) is -0.755. The summed E-state index contributed by atoms with van der Waals surface area (Å²) < 4.78 is 19.4. The molecule has 0 radical (unpaired) electrons. The van der Waals surface area contributed by atoms with Crippen molar-refractivity contribution in [3.63, 3.8) is 0 Å². The number of nitrogens with one attached hydrogen (secondary N) is 1. The second kappa shape index (κ2) is 7.42. The summed E-state index contributed by atoms with van der Waals surface area (Å²) in [6, 6.07) is 13.6. The average molecular weight is 400 g/mol. The molecule has 8 heteroatoms. The number of nitrogens with two attached hydrogens (primary N) is 1. The summed E-state index contributed by atoms with van der Waals surface area (Å²) in [5.41, 5.74) is 6.77. The van der Waals surface area contributed by atoms with Crippen molar-refractivity contribution in [3.8, 4) is 6.07 Å². The van der Waals surface area contributed by atoms with Crippen LogP contribution in [0.25, 0.3) is 17.0 Å². The number of rotatable bonds is 5. The molecule has 1 unspecified atom stereocenters. The Balaban J connectivity index is 2.33. The standard InChI is InChI=1S/C19H15ClN3O3P/c1-26-27(25,14-6-2-4-12(10-14)5-3-9-21)18-15-11-13(20)7-8-16(15)23-17(18)19(22)24/h2-8,10-11,23H,1H3,(H2,22,24)/b5-3+. The Morgan fingerprint density at radius 1 is 1.33 bits per heavy atom. The summed E-state index contributed by atoms with van der Waals surface area (Å²) in [6.07, 6.45) is 2.90. The first kappa shape index (κ1) is 18.9. The van der Waals surface area contributed by atoms with Gasteiger partial charge in [-0.2, -0.15) is 5.26 Å². The van der Waals surface area contributed by atoms with E-state index in [1.54, 1.807) is 48.5 Å². The molecule has 0 bridgehead atoms. The van der Waals surface area contributed by atoms with Crippen LogP contribution in [0, 0.1) is 11.3 Å². The molecule has 2 aromatic carbocycles. The van der Waals surface area contributed by atoms with Crippen molar-refractivity contribution in [3.05, 3.63) is 64.8 Å². The average Bonchev–Trinajstić information content (AvgIpc) is 3.05.